The summed E-state index contributed by atoms with van der Waals surface area (Å²) in [6, 6.07) is 0.608. The molecular formula is C13H29N3O2S. The lowest BCUT2D eigenvalue weighted by Crippen LogP contribution is -2.43. The van der Waals surface area contributed by atoms with E-state index in [1.807, 2.05) is 6.92 Å². The molecule has 0 aliphatic carbocycles. The van der Waals surface area contributed by atoms with Gasteiger partial charge in [-0.3, -0.25) is 0 Å². The Morgan fingerprint density at radius 3 is 2.37 bits per heavy atom. The van der Waals surface area contributed by atoms with E-state index in [9.17, 15) is 8.42 Å². The van der Waals surface area contributed by atoms with Gasteiger partial charge in [0.2, 0.25) is 10.0 Å². The second-order valence-electron chi connectivity index (χ2n) is 5.27. The molecule has 114 valence electrons. The molecule has 0 saturated carbocycles. The zero-order valence-electron chi connectivity index (χ0n) is 12.6. The summed E-state index contributed by atoms with van der Waals surface area (Å²) in [5.41, 5.74) is 0. The van der Waals surface area contributed by atoms with Gasteiger partial charge in [0.15, 0.2) is 0 Å². The highest BCUT2D eigenvalue weighted by Gasteiger charge is 2.17. The van der Waals surface area contributed by atoms with Crippen LogP contribution in [0.1, 0.15) is 33.1 Å². The van der Waals surface area contributed by atoms with Crippen LogP contribution in [0, 0.1) is 0 Å². The van der Waals surface area contributed by atoms with Crippen LogP contribution < -0.4 is 5.32 Å². The van der Waals surface area contributed by atoms with Crippen LogP contribution in [0.3, 0.4) is 0 Å². The van der Waals surface area contributed by atoms with E-state index < -0.39 is 10.0 Å². The molecule has 19 heavy (non-hydrogen) atoms. The quantitative estimate of drug-likeness (QED) is 0.670. The fourth-order valence-corrected chi connectivity index (χ4v) is 3.50. The van der Waals surface area contributed by atoms with E-state index in [0.29, 0.717) is 19.1 Å². The SMILES string of the molecule is CCN1CCC(NCCCN(CC)S(C)(=O)=O)CC1. The average molecular weight is 291 g/mol. The molecule has 1 aliphatic rings. The normalized spacial score (nSPS) is 19.2. The Morgan fingerprint density at radius 1 is 1.26 bits per heavy atom. The van der Waals surface area contributed by atoms with Gasteiger partial charge in [-0.2, -0.15) is 0 Å². The van der Waals surface area contributed by atoms with Gasteiger partial charge in [-0.05, 0) is 45.4 Å². The van der Waals surface area contributed by atoms with Crippen molar-refractivity contribution >= 4 is 10.0 Å². The molecule has 0 aromatic heterocycles. The van der Waals surface area contributed by atoms with Crippen molar-refractivity contribution in [1.82, 2.24) is 14.5 Å². The summed E-state index contributed by atoms with van der Waals surface area (Å²) in [6.07, 6.45) is 4.58. The lowest BCUT2D eigenvalue weighted by Gasteiger charge is -2.31. The third-order valence-electron chi connectivity index (χ3n) is 3.87. The van der Waals surface area contributed by atoms with Gasteiger partial charge in [0.1, 0.15) is 0 Å². The number of hydrogen-bond donors (Lipinski definition) is 1. The fraction of sp³-hybridized carbons (Fsp3) is 1.00. The zero-order chi connectivity index (χ0) is 14.3. The second kappa shape index (κ2) is 8.19. The first kappa shape index (κ1) is 16.9. The maximum Gasteiger partial charge on any atom is 0.211 e. The van der Waals surface area contributed by atoms with Crippen LogP contribution in [0.25, 0.3) is 0 Å². The minimum atomic E-state index is -3.03. The van der Waals surface area contributed by atoms with Gasteiger partial charge < -0.3 is 10.2 Å². The molecule has 0 spiro atoms. The molecule has 0 unspecified atom stereocenters. The van der Waals surface area contributed by atoms with Crippen LogP contribution in [0.5, 0.6) is 0 Å². The van der Waals surface area contributed by atoms with Crippen molar-refractivity contribution < 1.29 is 8.42 Å². The molecule has 1 fully saturated rings. The van der Waals surface area contributed by atoms with Crippen molar-refractivity contribution in [3.05, 3.63) is 0 Å². The van der Waals surface area contributed by atoms with Crippen LogP contribution in [-0.4, -0.2) is 69.2 Å². The number of rotatable bonds is 8. The summed E-state index contributed by atoms with van der Waals surface area (Å²) in [5.74, 6) is 0. The molecule has 0 amide bonds. The summed E-state index contributed by atoms with van der Waals surface area (Å²) in [5, 5.41) is 3.55. The number of nitrogens with zero attached hydrogens (tertiary/aromatic N) is 2. The standard InChI is InChI=1S/C13H29N3O2S/c1-4-15-11-7-13(8-12-15)14-9-6-10-16(5-2)19(3,17)18/h13-14H,4-12H2,1-3H3. The molecule has 1 aliphatic heterocycles. The molecule has 0 aromatic rings. The molecule has 1 N–H and O–H groups in total. The molecule has 0 atom stereocenters. The molecule has 0 aromatic carbocycles. The lowest BCUT2D eigenvalue weighted by molar-refractivity contribution is 0.206. The van der Waals surface area contributed by atoms with Gasteiger partial charge >= 0.3 is 0 Å². The number of likely N-dealkylation sites (tertiary alicyclic amines) is 1. The van der Waals surface area contributed by atoms with Crippen LogP contribution in [0.2, 0.25) is 0 Å². The van der Waals surface area contributed by atoms with Crippen LogP contribution >= 0.6 is 0 Å². The third kappa shape index (κ3) is 6.21. The van der Waals surface area contributed by atoms with Crippen molar-refractivity contribution in [2.45, 2.75) is 39.2 Å². The van der Waals surface area contributed by atoms with E-state index in [1.165, 1.54) is 36.5 Å². The zero-order valence-corrected chi connectivity index (χ0v) is 13.4. The van der Waals surface area contributed by atoms with Crippen molar-refractivity contribution in [2.75, 3.05) is 45.5 Å². The van der Waals surface area contributed by atoms with Crippen LogP contribution in [0.4, 0.5) is 0 Å². The predicted octanol–water partition coefficient (Wildman–Crippen LogP) is 0.732. The van der Waals surface area contributed by atoms with E-state index in [1.54, 1.807) is 0 Å². The summed E-state index contributed by atoms with van der Waals surface area (Å²) in [6.45, 7) is 9.68. The van der Waals surface area contributed by atoms with E-state index in [0.717, 1.165) is 19.5 Å². The number of hydrogen-bond acceptors (Lipinski definition) is 4. The molecule has 6 heteroatoms. The highest BCUT2D eigenvalue weighted by atomic mass is 32.2. The maximum atomic E-state index is 11.4. The van der Waals surface area contributed by atoms with Crippen LogP contribution in [0.15, 0.2) is 0 Å². The minimum Gasteiger partial charge on any atom is -0.314 e. The van der Waals surface area contributed by atoms with Crippen molar-refractivity contribution in [2.24, 2.45) is 0 Å². The van der Waals surface area contributed by atoms with Gasteiger partial charge in [0.25, 0.3) is 0 Å². The highest BCUT2D eigenvalue weighted by molar-refractivity contribution is 7.88. The average Bonchev–Trinajstić information content (AvgIpc) is 2.38. The van der Waals surface area contributed by atoms with E-state index in [2.05, 4.69) is 17.1 Å². The first-order valence-electron chi connectivity index (χ1n) is 7.38. The van der Waals surface area contributed by atoms with Gasteiger partial charge in [-0.25, -0.2) is 12.7 Å². The Balaban J connectivity index is 2.14. The van der Waals surface area contributed by atoms with Gasteiger partial charge in [-0.15, -0.1) is 0 Å². The number of nitrogens with one attached hydrogen (secondary N) is 1. The highest BCUT2D eigenvalue weighted by Crippen LogP contribution is 2.09. The molecule has 5 nitrogen and oxygen atoms in total. The number of sulfonamides is 1. The fourth-order valence-electron chi connectivity index (χ4n) is 2.57. The first-order chi connectivity index (χ1) is 8.97. The monoisotopic (exact) mass is 291 g/mol. The Bertz CT molecular complexity index is 338. The minimum absolute atomic E-state index is 0.563. The van der Waals surface area contributed by atoms with Gasteiger partial charge in [0, 0.05) is 19.1 Å². The van der Waals surface area contributed by atoms with E-state index >= 15 is 0 Å². The molecule has 1 rings (SSSR count). The Labute approximate surface area is 118 Å². The van der Waals surface area contributed by atoms with Crippen molar-refractivity contribution in [1.29, 1.82) is 0 Å². The van der Waals surface area contributed by atoms with E-state index in [-0.39, 0.29) is 0 Å². The van der Waals surface area contributed by atoms with Gasteiger partial charge in [0.05, 0.1) is 6.26 Å². The number of piperidine rings is 1. The molecule has 1 saturated heterocycles. The van der Waals surface area contributed by atoms with E-state index in [4.69, 9.17) is 0 Å². The summed E-state index contributed by atoms with van der Waals surface area (Å²) in [4.78, 5) is 2.47. The third-order valence-corrected chi connectivity index (χ3v) is 5.25. The van der Waals surface area contributed by atoms with Crippen LogP contribution in [-0.2, 0) is 10.0 Å². The molecule has 0 radical (unpaired) electrons. The van der Waals surface area contributed by atoms with Gasteiger partial charge in [-0.1, -0.05) is 13.8 Å². The largest absolute Gasteiger partial charge is 0.314 e. The second-order valence-corrected chi connectivity index (χ2v) is 7.25. The molecule has 0 bridgehead atoms. The summed E-state index contributed by atoms with van der Waals surface area (Å²) in [7, 11) is -3.03. The molecular weight excluding hydrogens is 262 g/mol. The predicted molar refractivity (Wildman–Crippen MR) is 79.8 cm³/mol. The molecule has 1 heterocycles. The smallest absolute Gasteiger partial charge is 0.211 e. The Kier molecular flexibility index (Phi) is 7.28. The Morgan fingerprint density at radius 2 is 1.89 bits per heavy atom. The first-order valence-corrected chi connectivity index (χ1v) is 9.23. The van der Waals surface area contributed by atoms with Crippen molar-refractivity contribution in [3.63, 3.8) is 0 Å². The summed E-state index contributed by atoms with van der Waals surface area (Å²) < 4.78 is 24.4. The van der Waals surface area contributed by atoms with Crippen molar-refractivity contribution in [3.8, 4) is 0 Å². The summed E-state index contributed by atoms with van der Waals surface area (Å²) >= 11 is 0. The Hall–Kier alpha value is -0.170. The topological polar surface area (TPSA) is 52.6 Å². The maximum absolute atomic E-state index is 11.4. The lowest BCUT2D eigenvalue weighted by atomic mass is 10.1.